The van der Waals surface area contributed by atoms with Crippen molar-refractivity contribution >= 4 is 34.8 Å². The predicted molar refractivity (Wildman–Crippen MR) is 105 cm³/mol. The second kappa shape index (κ2) is 7.97. The van der Waals surface area contributed by atoms with Crippen LogP contribution in [0.15, 0.2) is 54.6 Å². The minimum Gasteiger partial charge on any atom is -0.366 e. The third kappa shape index (κ3) is 4.80. The minimum absolute atomic E-state index is 0.0389. The molecule has 1 heterocycles. The Morgan fingerprint density at radius 1 is 1.04 bits per heavy atom. The summed E-state index contributed by atoms with van der Waals surface area (Å²) in [7, 11) is 0. The largest absolute Gasteiger partial charge is 0.366 e. The Hall–Kier alpha value is -2.92. The number of nitrogens with one attached hydrogen (secondary N) is 2. The lowest BCUT2D eigenvalue weighted by atomic mass is 10.1. The van der Waals surface area contributed by atoms with Crippen LogP contribution in [0.1, 0.15) is 28.5 Å². The van der Waals surface area contributed by atoms with Crippen LogP contribution >= 0.6 is 11.6 Å². The standard InChI is InChI=1S/C20H19ClN4O/c1-13-11-19(22-12-15-3-7-17(21)8-4-15)25-20(23-13)24-18-9-5-16(6-10-18)14(2)26/h3-11H,12H2,1-2H3,(H2,22,23,24,25). The Morgan fingerprint density at radius 3 is 2.38 bits per heavy atom. The van der Waals surface area contributed by atoms with E-state index in [1.807, 2.05) is 49.4 Å². The summed E-state index contributed by atoms with van der Waals surface area (Å²) in [4.78, 5) is 20.3. The lowest BCUT2D eigenvalue weighted by Crippen LogP contribution is -2.05. The number of hydrogen-bond acceptors (Lipinski definition) is 5. The van der Waals surface area contributed by atoms with Crippen LogP contribution < -0.4 is 10.6 Å². The van der Waals surface area contributed by atoms with Gasteiger partial charge in [0, 0.05) is 34.6 Å². The van der Waals surface area contributed by atoms with Gasteiger partial charge in [-0.3, -0.25) is 4.79 Å². The van der Waals surface area contributed by atoms with Gasteiger partial charge in [0.15, 0.2) is 5.78 Å². The van der Waals surface area contributed by atoms with Gasteiger partial charge in [0.05, 0.1) is 0 Å². The first kappa shape index (κ1) is 17.9. The summed E-state index contributed by atoms with van der Waals surface area (Å²) in [5, 5.41) is 7.18. The van der Waals surface area contributed by atoms with Crippen molar-refractivity contribution in [2.24, 2.45) is 0 Å². The number of aryl methyl sites for hydroxylation is 1. The van der Waals surface area contributed by atoms with E-state index in [4.69, 9.17) is 11.6 Å². The topological polar surface area (TPSA) is 66.9 Å². The number of benzene rings is 2. The normalized spacial score (nSPS) is 10.4. The maximum Gasteiger partial charge on any atom is 0.229 e. The Balaban J connectivity index is 1.70. The summed E-state index contributed by atoms with van der Waals surface area (Å²) in [6.07, 6.45) is 0. The van der Waals surface area contributed by atoms with Crippen molar-refractivity contribution in [2.75, 3.05) is 10.6 Å². The zero-order valence-electron chi connectivity index (χ0n) is 14.6. The molecule has 0 spiro atoms. The average molecular weight is 367 g/mol. The van der Waals surface area contributed by atoms with Gasteiger partial charge >= 0.3 is 0 Å². The fourth-order valence-corrected chi connectivity index (χ4v) is 2.55. The SMILES string of the molecule is CC(=O)c1ccc(Nc2nc(C)cc(NCc3ccc(Cl)cc3)n2)cc1. The van der Waals surface area contributed by atoms with Gasteiger partial charge in [-0.25, -0.2) is 4.98 Å². The molecule has 3 rings (SSSR count). The van der Waals surface area contributed by atoms with Gasteiger partial charge in [-0.2, -0.15) is 4.98 Å². The monoisotopic (exact) mass is 366 g/mol. The molecule has 0 atom stereocenters. The molecule has 5 nitrogen and oxygen atoms in total. The highest BCUT2D eigenvalue weighted by Gasteiger charge is 2.04. The third-order valence-corrected chi connectivity index (χ3v) is 4.04. The van der Waals surface area contributed by atoms with Gasteiger partial charge in [-0.1, -0.05) is 23.7 Å². The summed E-state index contributed by atoms with van der Waals surface area (Å²) < 4.78 is 0. The lowest BCUT2D eigenvalue weighted by molar-refractivity contribution is 0.101. The molecule has 0 fully saturated rings. The molecule has 0 radical (unpaired) electrons. The molecule has 3 aromatic rings. The van der Waals surface area contributed by atoms with Gasteiger partial charge in [0.2, 0.25) is 5.95 Å². The molecule has 2 N–H and O–H groups in total. The van der Waals surface area contributed by atoms with Crippen LogP contribution in [-0.4, -0.2) is 15.8 Å². The molecule has 0 saturated heterocycles. The molecule has 0 aliphatic carbocycles. The number of carbonyl (C=O) groups is 1. The van der Waals surface area contributed by atoms with E-state index in [0.29, 0.717) is 23.1 Å². The van der Waals surface area contributed by atoms with E-state index in [0.717, 1.165) is 22.8 Å². The number of hydrogen-bond donors (Lipinski definition) is 2. The summed E-state index contributed by atoms with van der Waals surface area (Å²) in [6.45, 7) is 4.10. The average Bonchev–Trinajstić information content (AvgIpc) is 2.61. The third-order valence-electron chi connectivity index (χ3n) is 3.79. The summed E-state index contributed by atoms with van der Waals surface area (Å²) in [5.41, 5.74) is 3.46. The van der Waals surface area contributed by atoms with Crippen LogP contribution in [0.25, 0.3) is 0 Å². The van der Waals surface area contributed by atoms with Crippen molar-refractivity contribution < 1.29 is 4.79 Å². The van der Waals surface area contributed by atoms with E-state index in [2.05, 4.69) is 20.6 Å². The Morgan fingerprint density at radius 2 is 1.73 bits per heavy atom. The molecular weight excluding hydrogens is 348 g/mol. The van der Waals surface area contributed by atoms with Crippen molar-refractivity contribution in [3.05, 3.63) is 76.4 Å². The number of rotatable bonds is 6. The summed E-state index contributed by atoms with van der Waals surface area (Å²) in [6, 6.07) is 16.8. The number of halogens is 1. The molecule has 1 aromatic heterocycles. The highest BCUT2D eigenvalue weighted by Crippen LogP contribution is 2.18. The maximum atomic E-state index is 11.4. The van der Waals surface area contributed by atoms with Crippen LogP contribution in [0, 0.1) is 6.92 Å². The van der Waals surface area contributed by atoms with Crippen molar-refractivity contribution in [2.45, 2.75) is 20.4 Å². The number of nitrogens with zero attached hydrogens (tertiary/aromatic N) is 2. The number of anilines is 3. The number of carbonyl (C=O) groups excluding carboxylic acids is 1. The van der Waals surface area contributed by atoms with Crippen molar-refractivity contribution in [1.82, 2.24) is 9.97 Å². The van der Waals surface area contributed by atoms with Crippen molar-refractivity contribution in [1.29, 1.82) is 0 Å². The highest BCUT2D eigenvalue weighted by atomic mass is 35.5. The first-order valence-corrected chi connectivity index (χ1v) is 8.59. The smallest absolute Gasteiger partial charge is 0.229 e. The van der Waals surface area contributed by atoms with Crippen molar-refractivity contribution in [3.8, 4) is 0 Å². The number of Topliss-reactive ketones (excluding diaryl/α,β-unsaturated/α-hetero) is 1. The van der Waals surface area contributed by atoms with Gasteiger partial charge in [-0.15, -0.1) is 0 Å². The molecule has 0 amide bonds. The highest BCUT2D eigenvalue weighted by molar-refractivity contribution is 6.30. The first-order valence-electron chi connectivity index (χ1n) is 8.21. The van der Waals surface area contributed by atoms with Gasteiger partial charge in [0.1, 0.15) is 5.82 Å². The zero-order valence-corrected chi connectivity index (χ0v) is 15.3. The van der Waals surface area contributed by atoms with E-state index < -0.39 is 0 Å². The Bertz CT molecular complexity index is 908. The van der Waals surface area contributed by atoms with Gasteiger partial charge in [-0.05, 0) is 55.8 Å². The van der Waals surface area contributed by atoms with E-state index in [1.165, 1.54) is 0 Å². The van der Waals surface area contributed by atoms with Gasteiger partial charge < -0.3 is 10.6 Å². The second-order valence-electron chi connectivity index (χ2n) is 5.96. The van der Waals surface area contributed by atoms with Crippen LogP contribution in [0.5, 0.6) is 0 Å². The van der Waals surface area contributed by atoms with Crippen molar-refractivity contribution in [3.63, 3.8) is 0 Å². The molecular formula is C20H19ClN4O. The van der Waals surface area contributed by atoms with Crippen LogP contribution in [0.3, 0.4) is 0 Å². The molecule has 2 aromatic carbocycles. The molecule has 26 heavy (non-hydrogen) atoms. The van der Waals surface area contributed by atoms with Crippen LogP contribution in [0.4, 0.5) is 17.5 Å². The molecule has 132 valence electrons. The van der Waals surface area contributed by atoms with Crippen LogP contribution in [-0.2, 0) is 6.54 Å². The maximum absolute atomic E-state index is 11.4. The molecule has 0 aliphatic rings. The van der Waals surface area contributed by atoms with E-state index in [1.54, 1.807) is 19.1 Å². The minimum atomic E-state index is 0.0389. The second-order valence-corrected chi connectivity index (χ2v) is 6.39. The summed E-state index contributed by atoms with van der Waals surface area (Å²) in [5.74, 6) is 1.27. The number of ketones is 1. The van der Waals surface area contributed by atoms with E-state index >= 15 is 0 Å². The molecule has 0 bridgehead atoms. The zero-order chi connectivity index (χ0) is 18.5. The van der Waals surface area contributed by atoms with E-state index in [9.17, 15) is 4.79 Å². The quantitative estimate of drug-likeness (QED) is 0.601. The predicted octanol–water partition coefficient (Wildman–Crippen LogP) is 5.00. The van der Waals surface area contributed by atoms with Gasteiger partial charge in [0.25, 0.3) is 0 Å². The van der Waals surface area contributed by atoms with Crippen LogP contribution in [0.2, 0.25) is 5.02 Å². The lowest BCUT2D eigenvalue weighted by Gasteiger charge is -2.10. The first-order chi connectivity index (χ1) is 12.5. The molecule has 6 heteroatoms. The Labute approximate surface area is 157 Å². The van der Waals surface area contributed by atoms with E-state index in [-0.39, 0.29) is 5.78 Å². The molecule has 0 saturated carbocycles. The number of aromatic nitrogens is 2. The fraction of sp³-hybridized carbons (Fsp3) is 0.150. The fourth-order valence-electron chi connectivity index (χ4n) is 2.43. The molecule has 0 unspecified atom stereocenters. The summed E-state index contributed by atoms with van der Waals surface area (Å²) >= 11 is 5.91. The Kier molecular flexibility index (Phi) is 5.49. The molecule has 0 aliphatic heterocycles.